The second kappa shape index (κ2) is 9.13. The molecule has 5 heteroatoms. The van der Waals surface area contributed by atoms with E-state index in [0.717, 1.165) is 30.5 Å². The zero-order valence-corrected chi connectivity index (χ0v) is 17.8. The maximum absolute atomic E-state index is 13.5. The molecule has 2 fully saturated rings. The first-order valence-corrected chi connectivity index (χ1v) is 11.1. The average molecular weight is 415 g/mol. The highest BCUT2D eigenvalue weighted by molar-refractivity contribution is 5.30. The Bertz CT molecular complexity index is 765. The number of halogens is 2. The van der Waals surface area contributed by atoms with Crippen LogP contribution >= 0.6 is 0 Å². The van der Waals surface area contributed by atoms with Crippen LogP contribution in [-0.2, 0) is 4.74 Å². The van der Waals surface area contributed by atoms with Gasteiger partial charge in [0.2, 0.25) is 0 Å². The fraction of sp³-hybridized carbons (Fsp3) is 0.520. The number of rotatable bonds is 7. The lowest BCUT2D eigenvalue weighted by atomic mass is 9.95. The van der Waals surface area contributed by atoms with E-state index < -0.39 is 0 Å². The maximum Gasteiger partial charge on any atom is 0.123 e. The topological polar surface area (TPSA) is 38.5 Å². The SMILES string of the molecule is CC(C)[C@H](N)CN1C2CCC1CC(OC(c1ccc(F)cc1)c1ccc(F)cc1)C2. The van der Waals surface area contributed by atoms with Crippen molar-refractivity contribution in [2.45, 2.75) is 69.9 Å². The van der Waals surface area contributed by atoms with Crippen LogP contribution in [0.1, 0.15) is 56.8 Å². The summed E-state index contributed by atoms with van der Waals surface area (Å²) in [6, 6.07) is 14.0. The lowest BCUT2D eigenvalue weighted by Crippen LogP contribution is -2.51. The van der Waals surface area contributed by atoms with Crippen LogP contribution in [0.4, 0.5) is 8.78 Å². The van der Waals surface area contributed by atoms with E-state index in [-0.39, 0.29) is 29.9 Å². The van der Waals surface area contributed by atoms with Crippen LogP contribution in [-0.4, -0.2) is 35.7 Å². The van der Waals surface area contributed by atoms with Gasteiger partial charge in [-0.25, -0.2) is 8.78 Å². The summed E-state index contributed by atoms with van der Waals surface area (Å²) >= 11 is 0. The molecule has 2 aromatic carbocycles. The normalized spacial score (nSPS) is 25.2. The van der Waals surface area contributed by atoms with Gasteiger partial charge < -0.3 is 10.5 Å². The Morgan fingerprint density at radius 2 is 1.37 bits per heavy atom. The fourth-order valence-corrected chi connectivity index (χ4v) is 4.90. The summed E-state index contributed by atoms with van der Waals surface area (Å²) in [6.45, 7) is 5.30. The minimum absolute atomic E-state index is 0.120. The number of fused-ring (bicyclic) bond motifs is 2. The van der Waals surface area contributed by atoms with Gasteiger partial charge in [0.05, 0.1) is 6.10 Å². The first-order chi connectivity index (χ1) is 14.4. The molecule has 0 aromatic heterocycles. The van der Waals surface area contributed by atoms with Crippen molar-refractivity contribution < 1.29 is 13.5 Å². The summed E-state index contributed by atoms with van der Waals surface area (Å²) < 4.78 is 33.6. The quantitative estimate of drug-likeness (QED) is 0.689. The molecule has 2 bridgehead atoms. The van der Waals surface area contributed by atoms with E-state index in [4.69, 9.17) is 10.5 Å². The molecule has 2 aromatic rings. The zero-order valence-electron chi connectivity index (χ0n) is 17.8. The van der Waals surface area contributed by atoms with Crippen molar-refractivity contribution in [1.29, 1.82) is 0 Å². The van der Waals surface area contributed by atoms with Gasteiger partial charge in [0, 0.05) is 24.7 Å². The lowest BCUT2D eigenvalue weighted by Gasteiger charge is -2.41. The number of piperidine rings is 1. The molecule has 0 radical (unpaired) electrons. The van der Waals surface area contributed by atoms with Gasteiger partial charge in [-0.15, -0.1) is 0 Å². The van der Waals surface area contributed by atoms with Crippen molar-refractivity contribution in [3.63, 3.8) is 0 Å². The van der Waals surface area contributed by atoms with Crippen LogP contribution in [0.2, 0.25) is 0 Å². The van der Waals surface area contributed by atoms with E-state index in [1.165, 1.54) is 37.1 Å². The van der Waals surface area contributed by atoms with Crippen LogP contribution in [0.5, 0.6) is 0 Å². The summed E-state index contributed by atoms with van der Waals surface area (Å²) in [5.74, 6) is -0.0754. The van der Waals surface area contributed by atoms with Crippen molar-refractivity contribution in [1.82, 2.24) is 4.90 Å². The molecule has 2 saturated heterocycles. The van der Waals surface area contributed by atoms with E-state index in [1.807, 2.05) is 0 Å². The summed E-state index contributed by atoms with van der Waals surface area (Å²) in [7, 11) is 0. The molecule has 2 N–H and O–H groups in total. The molecule has 2 heterocycles. The van der Waals surface area contributed by atoms with E-state index in [1.54, 1.807) is 24.3 Å². The number of nitrogens with zero attached hydrogens (tertiary/aromatic N) is 1. The third kappa shape index (κ3) is 4.74. The molecule has 0 spiro atoms. The third-order valence-electron chi connectivity index (χ3n) is 6.79. The Morgan fingerprint density at radius 3 is 1.80 bits per heavy atom. The van der Waals surface area contributed by atoms with Crippen molar-refractivity contribution in [3.8, 4) is 0 Å². The highest BCUT2D eigenvalue weighted by Crippen LogP contribution is 2.40. The van der Waals surface area contributed by atoms with Gasteiger partial charge >= 0.3 is 0 Å². The maximum atomic E-state index is 13.5. The van der Waals surface area contributed by atoms with Crippen LogP contribution in [0.15, 0.2) is 48.5 Å². The number of ether oxygens (including phenoxy) is 1. The van der Waals surface area contributed by atoms with Gasteiger partial charge in [-0.3, -0.25) is 4.90 Å². The molecule has 0 aliphatic carbocycles. The van der Waals surface area contributed by atoms with Crippen molar-refractivity contribution in [3.05, 3.63) is 71.3 Å². The predicted octanol–water partition coefficient (Wildman–Crippen LogP) is 5.05. The minimum Gasteiger partial charge on any atom is -0.365 e. The molecule has 162 valence electrons. The molecular weight excluding hydrogens is 382 g/mol. The summed E-state index contributed by atoms with van der Waals surface area (Å²) in [6.07, 6.45) is 4.11. The van der Waals surface area contributed by atoms with Crippen molar-refractivity contribution >= 4 is 0 Å². The van der Waals surface area contributed by atoms with Gasteiger partial charge in [-0.05, 0) is 67.0 Å². The summed E-state index contributed by atoms with van der Waals surface area (Å²) in [5.41, 5.74) is 8.13. The van der Waals surface area contributed by atoms with Crippen LogP contribution in [0.25, 0.3) is 0 Å². The molecule has 2 aliphatic rings. The molecule has 3 nitrogen and oxygen atoms in total. The molecular formula is C25H32F2N2O. The number of benzene rings is 2. The molecule has 3 atom stereocenters. The minimum atomic E-state index is -0.333. The summed E-state index contributed by atoms with van der Waals surface area (Å²) in [4.78, 5) is 2.59. The highest BCUT2D eigenvalue weighted by Gasteiger charge is 2.42. The Balaban J connectivity index is 1.50. The Morgan fingerprint density at radius 1 is 0.900 bits per heavy atom. The smallest absolute Gasteiger partial charge is 0.123 e. The lowest BCUT2D eigenvalue weighted by molar-refractivity contribution is -0.0498. The van der Waals surface area contributed by atoms with Crippen molar-refractivity contribution in [2.24, 2.45) is 11.7 Å². The van der Waals surface area contributed by atoms with Crippen molar-refractivity contribution in [2.75, 3.05) is 6.54 Å². The van der Waals surface area contributed by atoms with E-state index in [0.29, 0.717) is 18.0 Å². The standard InChI is InChI=1S/C25H32F2N2O/c1-16(2)24(28)15-29-21-11-12-22(29)14-23(13-21)30-25(17-3-7-19(26)8-4-17)18-5-9-20(27)10-6-18/h3-10,16,21-25H,11-15,28H2,1-2H3/t21?,22?,23?,24-/m1/s1. The van der Waals surface area contributed by atoms with Gasteiger partial charge in [-0.1, -0.05) is 38.1 Å². The zero-order chi connectivity index (χ0) is 21.3. The largest absolute Gasteiger partial charge is 0.365 e. The number of hydrogen-bond donors (Lipinski definition) is 1. The molecule has 2 aliphatic heterocycles. The van der Waals surface area contributed by atoms with Crippen LogP contribution in [0, 0.1) is 17.6 Å². The fourth-order valence-electron chi connectivity index (χ4n) is 4.90. The molecule has 0 saturated carbocycles. The van der Waals surface area contributed by atoms with E-state index in [9.17, 15) is 8.78 Å². The summed E-state index contributed by atoms with van der Waals surface area (Å²) in [5, 5.41) is 0. The molecule has 0 amide bonds. The second-order valence-electron chi connectivity index (χ2n) is 9.20. The first kappa shape index (κ1) is 21.4. The van der Waals surface area contributed by atoms with Gasteiger partial charge in [0.15, 0.2) is 0 Å². The molecule has 4 rings (SSSR count). The average Bonchev–Trinajstić information content (AvgIpc) is 2.95. The van der Waals surface area contributed by atoms with E-state index in [2.05, 4.69) is 18.7 Å². The Labute approximate surface area is 178 Å². The number of hydrogen-bond acceptors (Lipinski definition) is 3. The monoisotopic (exact) mass is 414 g/mol. The number of nitrogens with two attached hydrogens (primary N) is 1. The third-order valence-corrected chi connectivity index (χ3v) is 6.79. The van der Waals surface area contributed by atoms with Gasteiger partial charge in [-0.2, -0.15) is 0 Å². The molecule has 30 heavy (non-hydrogen) atoms. The second-order valence-corrected chi connectivity index (χ2v) is 9.20. The van der Waals surface area contributed by atoms with Crippen LogP contribution in [0.3, 0.4) is 0 Å². The Hall–Kier alpha value is -1.82. The van der Waals surface area contributed by atoms with Crippen LogP contribution < -0.4 is 5.73 Å². The van der Waals surface area contributed by atoms with Gasteiger partial charge in [0.25, 0.3) is 0 Å². The Kier molecular flexibility index (Phi) is 6.51. The predicted molar refractivity (Wildman–Crippen MR) is 115 cm³/mol. The molecule has 2 unspecified atom stereocenters. The first-order valence-electron chi connectivity index (χ1n) is 11.1. The highest BCUT2D eigenvalue weighted by atomic mass is 19.1. The van der Waals surface area contributed by atoms with E-state index >= 15 is 0 Å². The van der Waals surface area contributed by atoms with Gasteiger partial charge in [0.1, 0.15) is 17.7 Å².